The van der Waals surface area contributed by atoms with Crippen LogP contribution in [0.15, 0.2) is 24.3 Å². The monoisotopic (exact) mass is 299 g/mol. The average Bonchev–Trinajstić information content (AvgIpc) is 3.21. The summed E-state index contributed by atoms with van der Waals surface area (Å²) in [4.78, 5) is 0. The molecule has 1 aromatic carbocycles. The van der Waals surface area contributed by atoms with Gasteiger partial charge in [-0.3, -0.25) is 4.21 Å². The van der Waals surface area contributed by atoms with Crippen molar-refractivity contribution in [3.63, 3.8) is 0 Å². The SMILES string of the molecule is CCCNC(CS(=O)Cc1ccccc1Cl)C1CC1. The highest BCUT2D eigenvalue weighted by Gasteiger charge is 2.31. The maximum Gasteiger partial charge on any atom is 0.0501 e. The summed E-state index contributed by atoms with van der Waals surface area (Å²) in [7, 11) is -0.842. The highest BCUT2D eigenvalue weighted by atomic mass is 35.5. The zero-order valence-corrected chi connectivity index (χ0v) is 13.0. The highest BCUT2D eigenvalue weighted by molar-refractivity contribution is 7.84. The second-order valence-electron chi connectivity index (χ2n) is 5.24. The molecule has 1 saturated carbocycles. The third kappa shape index (κ3) is 4.90. The first-order chi connectivity index (χ1) is 9.20. The van der Waals surface area contributed by atoms with Crippen molar-refractivity contribution in [1.29, 1.82) is 0 Å². The van der Waals surface area contributed by atoms with E-state index in [1.54, 1.807) is 0 Å². The van der Waals surface area contributed by atoms with Crippen LogP contribution in [0.25, 0.3) is 0 Å². The molecular weight excluding hydrogens is 278 g/mol. The van der Waals surface area contributed by atoms with Gasteiger partial charge in [-0.15, -0.1) is 0 Å². The predicted octanol–water partition coefficient (Wildman–Crippen LogP) is 3.37. The van der Waals surface area contributed by atoms with Crippen LogP contribution in [-0.4, -0.2) is 22.5 Å². The van der Waals surface area contributed by atoms with Gasteiger partial charge in [-0.25, -0.2) is 0 Å². The summed E-state index contributed by atoms with van der Waals surface area (Å²) in [6.45, 7) is 3.18. The normalized spacial score (nSPS) is 18.2. The van der Waals surface area contributed by atoms with Crippen molar-refractivity contribution >= 4 is 22.4 Å². The zero-order valence-electron chi connectivity index (χ0n) is 11.4. The summed E-state index contributed by atoms with van der Waals surface area (Å²) in [6.07, 6.45) is 3.69. The Hall–Kier alpha value is -0.380. The van der Waals surface area contributed by atoms with Crippen LogP contribution in [0.5, 0.6) is 0 Å². The van der Waals surface area contributed by atoms with Crippen molar-refractivity contribution in [2.75, 3.05) is 12.3 Å². The number of rotatable bonds is 8. The molecule has 0 aromatic heterocycles. The van der Waals surface area contributed by atoms with Gasteiger partial charge in [-0.05, 0) is 43.4 Å². The number of halogens is 1. The molecule has 0 aliphatic heterocycles. The van der Waals surface area contributed by atoms with Crippen LogP contribution in [0.4, 0.5) is 0 Å². The minimum atomic E-state index is -0.842. The summed E-state index contributed by atoms with van der Waals surface area (Å²) in [5.41, 5.74) is 0.993. The van der Waals surface area contributed by atoms with Crippen LogP contribution < -0.4 is 5.32 Å². The molecule has 1 aliphatic rings. The Labute approximate surface area is 123 Å². The van der Waals surface area contributed by atoms with Gasteiger partial charge in [0.1, 0.15) is 0 Å². The van der Waals surface area contributed by atoms with E-state index in [1.165, 1.54) is 12.8 Å². The first-order valence-electron chi connectivity index (χ1n) is 7.02. The van der Waals surface area contributed by atoms with Crippen molar-refractivity contribution in [2.24, 2.45) is 5.92 Å². The minimum Gasteiger partial charge on any atom is -0.313 e. The van der Waals surface area contributed by atoms with Crippen LogP contribution in [0.2, 0.25) is 5.02 Å². The van der Waals surface area contributed by atoms with Gasteiger partial charge in [-0.2, -0.15) is 0 Å². The number of nitrogens with one attached hydrogen (secondary N) is 1. The van der Waals surface area contributed by atoms with E-state index in [0.717, 1.165) is 35.2 Å². The molecule has 1 aliphatic carbocycles. The molecule has 19 heavy (non-hydrogen) atoms. The van der Waals surface area contributed by atoms with Crippen LogP contribution >= 0.6 is 11.6 Å². The molecule has 0 saturated heterocycles. The summed E-state index contributed by atoms with van der Waals surface area (Å²) in [5, 5.41) is 4.26. The minimum absolute atomic E-state index is 0.420. The molecule has 2 atom stereocenters. The Morgan fingerprint density at radius 3 is 2.79 bits per heavy atom. The molecule has 0 bridgehead atoms. The standard InChI is InChI=1S/C15H22ClNOS/c1-2-9-17-15(12-7-8-12)11-19(18)10-13-5-3-4-6-14(13)16/h3-6,12,15,17H,2,7-11H2,1H3. The Kier molecular flexibility index (Phi) is 5.86. The lowest BCUT2D eigenvalue weighted by Crippen LogP contribution is -2.36. The summed E-state index contributed by atoms with van der Waals surface area (Å²) in [6, 6.07) is 8.10. The van der Waals surface area contributed by atoms with E-state index in [-0.39, 0.29) is 0 Å². The van der Waals surface area contributed by atoms with E-state index in [9.17, 15) is 4.21 Å². The third-order valence-corrected chi connectivity index (χ3v) is 5.22. The molecule has 2 nitrogen and oxygen atoms in total. The van der Waals surface area contributed by atoms with Gasteiger partial charge in [0.2, 0.25) is 0 Å². The lowest BCUT2D eigenvalue weighted by Gasteiger charge is -2.17. The molecule has 1 fully saturated rings. The van der Waals surface area contributed by atoms with Crippen LogP contribution in [0, 0.1) is 5.92 Å². The molecule has 4 heteroatoms. The van der Waals surface area contributed by atoms with Crippen LogP contribution in [-0.2, 0) is 16.6 Å². The molecule has 0 radical (unpaired) electrons. The quantitative estimate of drug-likeness (QED) is 0.797. The number of benzene rings is 1. The van der Waals surface area contributed by atoms with E-state index in [1.807, 2.05) is 24.3 Å². The Morgan fingerprint density at radius 1 is 1.42 bits per heavy atom. The molecular formula is C15H22ClNOS. The van der Waals surface area contributed by atoms with Crippen molar-refractivity contribution in [3.8, 4) is 0 Å². The fourth-order valence-corrected chi connectivity index (χ4v) is 4.03. The van der Waals surface area contributed by atoms with Crippen molar-refractivity contribution in [1.82, 2.24) is 5.32 Å². The van der Waals surface area contributed by atoms with Gasteiger partial charge in [0, 0.05) is 27.6 Å². The van der Waals surface area contributed by atoms with Gasteiger partial charge in [0.25, 0.3) is 0 Å². The van der Waals surface area contributed by atoms with Crippen molar-refractivity contribution < 1.29 is 4.21 Å². The van der Waals surface area contributed by atoms with Gasteiger partial charge in [0.05, 0.1) is 5.75 Å². The van der Waals surface area contributed by atoms with Gasteiger partial charge in [0.15, 0.2) is 0 Å². The molecule has 1 N–H and O–H groups in total. The van der Waals surface area contributed by atoms with Gasteiger partial charge >= 0.3 is 0 Å². The molecule has 0 heterocycles. The largest absolute Gasteiger partial charge is 0.313 e. The van der Waals surface area contributed by atoms with Crippen LogP contribution in [0.3, 0.4) is 0 Å². The third-order valence-electron chi connectivity index (χ3n) is 3.49. The lowest BCUT2D eigenvalue weighted by molar-refractivity contribution is 0.498. The van der Waals surface area contributed by atoms with E-state index in [0.29, 0.717) is 11.8 Å². The second kappa shape index (κ2) is 7.41. The second-order valence-corrected chi connectivity index (χ2v) is 7.15. The summed E-state index contributed by atoms with van der Waals surface area (Å²) in [5.74, 6) is 2.05. The Balaban J connectivity index is 1.87. The molecule has 2 rings (SSSR count). The zero-order chi connectivity index (χ0) is 13.7. The van der Waals surface area contributed by atoms with E-state index < -0.39 is 10.8 Å². The lowest BCUT2D eigenvalue weighted by atomic mass is 10.2. The predicted molar refractivity (Wildman–Crippen MR) is 83.0 cm³/mol. The fraction of sp³-hybridized carbons (Fsp3) is 0.600. The van der Waals surface area contributed by atoms with Crippen molar-refractivity contribution in [3.05, 3.63) is 34.9 Å². The first kappa shape index (κ1) is 15.0. The summed E-state index contributed by atoms with van der Waals surface area (Å²) >= 11 is 6.11. The van der Waals surface area contributed by atoms with Gasteiger partial charge < -0.3 is 5.32 Å². The highest BCUT2D eigenvalue weighted by Crippen LogP contribution is 2.33. The van der Waals surface area contributed by atoms with E-state index in [2.05, 4.69) is 12.2 Å². The van der Waals surface area contributed by atoms with Crippen molar-refractivity contribution in [2.45, 2.75) is 38.0 Å². The Morgan fingerprint density at radius 2 is 2.16 bits per heavy atom. The Bertz CT molecular complexity index is 434. The van der Waals surface area contributed by atoms with Crippen LogP contribution in [0.1, 0.15) is 31.7 Å². The van der Waals surface area contributed by atoms with Gasteiger partial charge in [-0.1, -0.05) is 36.7 Å². The molecule has 0 amide bonds. The average molecular weight is 300 g/mol. The molecule has 0 spiro atoms. The fourth-order valence-electron chi connectivity index (χ4n) is 2.24. The smallest absolute Gasteiger partial charge is 0.0501 e. The first-order valence-corrected chi connectivity index (χ1v) is 8.89. The molecule has 1 aromatic rings. The number of hydrogen-bond acceptors (Lipinski definition) is 2. The molecule has 106 valence electrons. The van der Waals surface area contributed by atoms with E-state index in [4.69, 9.17) is 11.6 Å². The maximum atomic E-state index is 12.3. The molecule has 2 unspecified atom stereocenters. The number of hydrogen-bond donors (Lipinski definition) is 1. The maximum absolute atomic E-state index is 12.3. The summed E-state index contributed by atoms with van der Waals surface area (Å²) < 4.78 is 12.3. The van der Waals surface area contributed by atoms with E-state index >= 15 is 0 Å². The topological polar surface area (TPSA) is 29.1 Å².